The van der Waals surface area contributed by atoms with Crippen molar-refractivity contribution in [2.45, 2.75) is 60.8 Å². The van der Waals surface area contributed by atoms with Crippen LogP contribution in [-0.2, 0) is 37.5 Å². The van der Waals surface area contributed by atoms with E-state index in [1.165, 1.54) is 12.8 Å². The van der Waals surface area contributed by atoms with Gasteiger partial charge in [0, 0.05) is 94.9 Å². The minimum atomic E-state index is 0. The zero-order valence-electron chi connectivity index (χ0n) is 15.1. The van der Waals surface area contributed by atoms with Crippen LogP contribution in [0.1, 0.15) is 60.8 Å². The number of carbonyl (C=O) groups excluding carboxylic acids is 1. The van der Waals surface area contributed by atoms with Gasteiger partial charge in [0.1, 0.15) is 0 Å². The number of nitrogens with zero attached hydrogens (tertiary/aromatic N) is 1. The summed E-state index contributed by atoms with van der Waals surface area (Å²) < 4.78 is 0. The molecule has 1 fully saturated rings. The number of hydrogen-bond acceptors (Lipinski definition) is 1. The molecule has 0 spiro atoms. The van der Waals surface area contributed by atoms with E-state index in [0.717, 1.165) is 17.8 Å². The van der Waals surface area contributed by atoms with Gasteiger partial charge in [0.2, 0.25) is 0 Å². The maximum Gasteiger partial charge on any atom is 0.0512 e. The van der Waals surface area contributed by atoms with Crippen molar-refractivity contribution in [2.24, 2.45) is 23.7 Å². The van der Waals surface area contributed by atoms with Crippen LogP contribution >= 0.6 is 0 Å². The third-order valence-electron chi connectivity index (χ3n) is 4.01. The standard InChI is InChI=1S/C12H23NO.C2H6.C2H5.2U.Y/c1-8-5-6-11(10(8)3)9(2)7-12(14)13-4;2*1-2;;;/h8-11H,5-7H2,1-4H3,(H,13,14);1-2H3;1H2,2H3;;;/q;;-1;;;/p-1/t8-,9?,10-,11-;;;;;/m1...../s1. The molecular weight excluding hydrogens is 787 g/mol. The van der Waals surface area contributed by atoms with Crippen molar-refractivity contribution >= 4 is 5.91 Å². The monoisotopic (exact) mass is 820 g/mol. The molecule has 4 atom stereocenters. The Balaban J connectivity index is -0.000000112. The van der Waals surface area contributed by atoms with Crippen molar-refractivity contribution in [3.8, 4) is 0 Å². The molecule has 0 N–H and O–H groups in total. The van der Waals surface area contributed by atoms with E-state index in [1.54, 1.807) is 14.0 Å². The third-order valence-corrected chi connectivity index (χ3v) is 4.01. The van der Waals surface area contributed by atoms with Gasteiger partial charge in [-0.05, 0) is 36.5 Å². The molecule has 1 radical (unpaired) electrons. The summed E-state index contributed by atoms with van der Waals surface area (Å²) in [6.45, 7) is 15.8. The zero-order valence-corrected chi connectivity index (χ0v) is 26.2. The first-order valence-electron chi connectivity index (χ1n) is 7.39. The fourth-order valence-corrected chi connectivity index (χ4v) is 2.72. The molecule has 2 nitrogen and oxygen atoms in total. The Bertz CT molecular complexity index is 218. The fourth-order valence-electron chi connectivity index (χ4n) is 2.72. The number of rotatable bonds is 3. The molecule has 1 aliphatic rings. The van der Waals surface area contributed by atoms with E-state index in [1.807, 2.05) is 13.8 Å². The summed E-state index contributed by atoms with van der Waals surface area (Å²) in [7, 11) is 1.59. The molecule has 0 bridgehead atoms. The van der Waals surface area contributed by atoms with Crippen LogP contribution in [0.15, 0.2) is 0 Å². The molecule has 0 heterocycles. The summed E-state index contributed by atoms with van der Waals surface area (Å²) in [5.41, 5.74) is 0. The first kappa shape index (κ1) is 34.9. The summed E-state index contributed by atoms with van der Waals surface area (Å²) in [5, 5.41) is 3.71. The third kappa shape index (κ3) is 14.7. The predicted octanol–water partition coefficient (Wildman–Crippen LogP) is 5.09. The fraction of sp³-hybridized carbons (Fsp3) is 0.875. The van der Waals surface area contributed by atoms with Gasteiger partial charge < -0.3 is 17.0 Å². The summed E-state index contributed by atoms with van der Waals surface area (Å²) in [6.07, 6.45) is 3.26. The van der Waals surface area contributed by atoms with Crippen molar-refractivity contribution in [1.82, 2.24) is 0 Å². The Morgan fingerprint density at radius 2 is 1.62 bits per heavy atom. The zero-order chi connectivity index (χ0) is 14.7. The van der Waals surface area contributed by atoms with Crippen LogP contribution in [0.5, 0.6) is 0 Å². The van der Waals surface area contributed by atoms with E-state index in [4.69, 9.17) is 0 Å². The molecular formula is C16H33NOU2Y-2. The molecule has 0 aromatic carbocycles. The normalized spacial score (nSPS) is 23.3. The van der Waals surface area contributed by atoms with E-state index in [2.05, 4.69) is 33.0 Å². The maximum absolute atomic E-state index is 11.2. The van der Waals surface area contributed by atoms with Crippen LogP contribution in [0.2, 0.25) is 0 Å². The number of hydrogen-bond donors (Lipinski definition) is 0. The molecule has 0 aromatic heterocycles. The molecule has 0 saturated heterocycles. The van der Waals surface area contributed by atoms with Gasteiger partial charge in [-0.1, -0.05) is 41.0 Å². The van der Waals surface area contributed by atoms with E-state index in [-0.39, 0.29) is 101 Å². The van der Waals surface area contributed by atoms with Crippen LogP contribution in [-0.4, -0.2) is 13.0 Å². The molecule has 21 heavy (non-hydrogen) atoms. The Morgan fingerprint density at radius 3 is 1.90 bits per heavy atom. The van der Waals surface area contributed by atoms with Gasteiger partial charge >= 0.3 is 0 Å². The quantitative estimate of drug-likeness (QED) is 0.366. The first-order chi connectivity index (χ1) is 8.56. The molecule has 0 aromatic rings. The van der Waals surface area contributed by atoms with Crippen LogP contribution < -0.4 is 0 Å². The largest absolute Gasteiger partial charge is 0.656 e. The van der Waals surface area contributed by atoms with E-state index >= 15 is 0 Å². The van der Waals surface area contributed by atoms with Gasteiger partial charge in [0.05, 0.1) is 5.91 Å². The summed E-state index contributed by atoms with van der Waals surface area (Å²) >= 11 is 0. The van der Waals surface area contributed by atoms with Crippen LogP contribution in [0.25, 0.3) is 5.32 Å². The Kier molecular flexibility index (Phi) is 37.7. The topological polar surface area (TPSA) is 31.2 Å². The average Bonchev–Trinajstić information content (AvgIpc) is 2.74. The van der Waals surface area contributed by atoms with Gasteiger partial charge in [-0.2, -0.15) is 6.92 Å². The van der Waals surface area contributed by atoms with Gasteiger partial charge in [0.15, 0.2) is 0 Å². The molecule has 1 amide bonds. The Labute approximate surface area is 206 Å². The molecule has 1 unspecified atom stereocenters. The van der Waals surface area contributed by atoms with Crippen molar-refractivity contribution in [1.29, 1.82) is 0 Å². The van der Waals surface area contributed by atoms with Crippen LogP contribution in [0, 0.1) is 92.8 Å². The SMILES string of the molecule is CC.C[N-]C(=O)CC(C)[C@H]1CC[C@@H](C)[C@H]1C.[CH2-]C.[U].[U].[Y]. The molecule has 1 rings (SSSR count). The second kappa shape index (κ2) is 22.7. The van der Waals surface area contributed by atoms with Crippen molar-refractivity contribution in [3.05, 3.63) is 12.2 Å². The Morgan fingerprint density at radius 1 is 1.19 bits per heavy atom. The molecule has 0 aliphatic heterocycles. The van der Waals surface area contributed by atoms with E-state index in [0.29, 0.717) is 12.3 Å². The maximum atomic E-state index is 11.2. The van der Waals surface area contributed by atoms with Crippen molar-refractivity contribution in [2.75, 3.05) is 7.05 Å². The summed E-state index contributed by atoms with van der Waals surface area (Å²) in [5.74, 6) is 2.90. The van der Waals surface area contributed by atoms with E-state index in [9.17, 15) is 4.79 Å². The molecule has 1 aliphatic carbocycles. The second-order valence-corrected chi connectivity index (χ2v) is 4.88. The summed E-state index contributed by atoms with van der Waals surface area (Å²) in [6, 6.07) is 0. The molecule has 1 saturated carbocycles. The minimum Gasteiger partial charge on any atom is -0.656 e. The van der Waals surface area contributed by atoms with Gasteiger partial charge in [-0.15, -0.1) is 7.05 Å². The average molecular weight is 820 g/mol. The minimum absolute atomic E-state index is 0. The first-order valence-corrected chi connectivity index (χ1v) is 7.39. The number of carbonyl (C=O) groups is 1. The smallest absolute Gasteiger partial charge is 0.0512 e. The van der Waals surface area contributed by atoms with Crippen LogP contribution in [0.4, 0.5) is 0 Å². The summed E-state index contributed by atoms with van der Waals surface area (Å²) in [4.78, 5) is 11.2. The predicted molar refractivity (Wildman–Crippen MR) is 81.5 cm³/mol. The molecule has 121 valence electrons. The molecule has 5 heteroatoms. The number of amides is 1. The van der Waals surface area contributed by atoms with Crippen LogP contribution in [0.3, 0.4) is 0 Å². The van der Waals surface area contributed by atoms with Gasteiger partial charge in [-0.3, -0.25) is 0 Å². The second-order valence-electron chi connectivity index (χ2n) is 4.88. The van der Waals surface area contributed by atoms with Crippen molar-refractivity contribution < 1.29 is 99.7 Å². The Hall–Kier alpha value is 2.68. The van der Waals surface area contributed by atoms with Gasteiger partial charge in [-0.25, -0.2) is 0 Å². The van der Waals surface area contributed by atoms with Crippen molar-refractivity contribution in [3.63, 3.8) is 0 Å². The van der Waals surface area contributed by atoms with E-state index < -0.39 is 0 Å². The van der Waals surface area contributed by atoms with Gasteiger partial charge in [0.25, 0.3) is 0 Å².